The SMILES string of the molecule is CC(=O)C(C1CCN(c2ccc(C(C)(C)C)cc2)CC1)N1CCC(Nc2ccc([N+](=O)[O-])c(C(F)(F)F)c2)CC1. The lowest BCUT2D eigenvalue weighted by atomic mass is 9.84. The summed E-state index contributed by atoms with van der Waals surface area (Å²) >= 11 is 0. The zero-order valence-electron chi connectivity index (χ0n) is 23.6. The van der Waals surface area contributed by atoms with Crippen molar-refractivity contribution in [3.05, 3.63) is 63.7 Å². The summed E-state index contributed by atoms with van der Waals surface area (Å²) in [4.78, 5) is 27.4. The highest BCUT2D eigenvalue weighted by atomic mass is 19.4. The number of Topliss-reactive ketones (excluding diaryl/α,β-unsaturated/α-hetero) is 1. The van der Waals surface area contributed by atoms with Crippen molar-refractivity contribution in [3.63, 3.8) is 0 Å². The van der Waals surface area contributed by atoms with E-state index in [1.54, 1.807) is 6.92 Å². The van der Waals surface area contributed by atoms with Gasteiger partial charge in [-0.3, -0.25) is 19.8 Å². The molecule has 40 heavy (non-hydrogen) atoms. The molecule has 1 atom stereocenters. The molecule has 0 aliphatic carbocycles. The molecule has 0 amide bonds. The summed E-state index contributed by atoms with van der Waals surface area (Å²) in [7, 11) is 0. The van der Waals surface area contributed by atoms with Gasteiger partial charge in [0.05, 0.1) is 11.0 Å². The Hall–Kier alpha value is -3.14. The molecule has 0 aromatic heterocycles. The van der Waals surface area contributed by atoms with E-state index in [0.29, 0.717) is 25.9 Å². The summed E-state index contributed by atoms with van der Waals surface area (Å²) in [5.74, 6) is 0.417. The lowest BCUT2D eigenvalue weighted by molar-refractivity contribution is -0.388. The first kappa shape index (κ1) is 29.8. The Bertz CT molecular complexity index is 1190. The Morgan fingerprint density at radius 2 is 1.57 bits per heavy atom. The number of anilines is 2. The molecule has 1 unspecified atom stereocenters. The number of rotatable bonds is 7. The van der Waals surface area contributed by atoms with Gasteiger partial charge in [-0.15, -0.1) is 0 Å². The fourth-order valence-corrected chi connectivity index (χ4v) is 6.10. The monoisotopic (exact) mass is 560 g/mol. The van der Waals surface area contributed by atoms with E-state index in [9.17, 15) is 28.1 Å². The molecule has 0 radical (unpaired) electrons. The number of alkyl halides is 3. The zero-order chi connectivity index (χ0) is 29.2. The molecule has 0 bridgehead atoms. The molecule has 2 fully saturated rings. The molecule has 0 spiro atoms. The number of nitrogens with zero attached hydrogens (tertiary/aromatic N) is 3. The molecule has 2 aromatic rings. The second-order valence-electron chi connectivity index (χ2n) is 12.1. The molecule has 2 aliphatic heterocycles. The van der Waals surface area contributed by atoms with E-state index in [-0.39, 0.29) is 34.9 Å². The summed E-state index contributed by atoms with van der Waals surface area (Å²) in [5, 5.41) is 14.2. The average molecular weight is 561 g/mol. The summed E-state index contributed by atoms with van der Waals surface area (Å²) in [6, 6.07) is 11.5. The minimum atomic E-state index is -4.82. The number of nitro benzene ring substituents is 1. The third-order valence-electron chi connectivity index (χ3n) is 8.29. The van der Waals surface area contributed by atoms with Crippen molar-refractivity contribution in [2.24, 2.45) is 5.92 Å². The lowest BCUT2D eigenvalue weighted by Gasteiger charge is -2.43. The minimum Gasteiger partial charge on any atom is -0.382 e. The quantitative estimate of drug-likeness (QED) is 0.301. The molecule has 2 aromatic carbocycles. The Morgan fingerprint density at radius 3 is 2.08 bits per heavy atom. The lowest BCUT2D eigenvalue weighted by Crippen LogP contribution is -2.52. The van der Waals surface area contributed by atoms with E-state index >= 15 is 0 Å². The van der Waals surface area contributed by atoms with Crippen LogP contribution in [0.1, 0.15) is 64.5 Å². The Balaban J connectivity index is 1.34. The number of nitrogens with one attached hydrogen (secondary N) is 1. The van der Waals surface area contributed by atoms with E-state index in [1.165, 1.54) is 17.3 Å². The van der Waals surface area contributed by atoms with Crippen LogP contribution in [0.4, 0.5) is 30.2 Å². The molecule has 2 heterocycles. The number of halogens is 3. The second-order valence-corrected chi connectivity index (χ2v) is 12.1. The standard InChI is InChI=1S/C30H39F3N4O3/c1-20(38)28(21-11-15-35(16-12-21)25-8-5-22(6-9-25)29(2,3)4)36-17-13-23(14-18-36)34-24-7-10-27(37(39)40)26(19-24)30(31,32)33/h5-10,19,21,23,28,34H,11-18H2,1-4H3. The van der Waals surface area contributed by atoms with Crippen LogP contribution in [-0.2, 0) is 16.4 Å². The van der Waals surface area contributed by atoms with Crippen LogP contribution in [0, 0.1) is 16.0 Å². The Kier molecular flexibility index (Phi) is 8.77. The number of carbonyl (C=O) groups is 1. The second kappa shape index (κ2) is 11.8. The maximum Gasteiger partial charge on any atom is 0.423 e. The molecule has 2 aliphatic rings. The third kappa shape index (κ3) is 6.95. The van der Waals surface area contributed by atoms with Gasteiger partial charge in [0.1, 0.15) is 11.3 Å². The maximum absolute atomic E-state index is 13.4. The Morgan fingerprint density at radius 1 is 0.975 bits per heavy atom. The number of carbonyl (C=O) groups excluding carboxylic acids is 1. The minimum absolute atomic E-state index is 0.0793. The number of ketones is 1. The van der Waals surface area contributed by atoms with Gasteiger partial charge >= 0.3 is 6.18 Å². The molecule has 2 saturated heterocycles. The van der Waals surface area contributed by atoms with Crippen LogP contribution < -0.4 is 10.2 Å². The van der Waals surface area contributed by atoms with Gasteiger partial charge < -0.3 is 10.2 Å². The van der Waals surface area contributed by atoms with Crippen LogP contribution in [0.3, 0.4) is 0 Å². The van der Waals surface area contributed by atoms with Crippen LogP contribution in [0.2, 0.25) is 0 Å². The summed E-state index contributed by atoms with van der Waals surface area (Å²) in [5.41, 5.74) is 0.616. The average Bonchev–Trinajstić information content (AvgIpc) is 2.89. The maximum atomic E-state index is 13.4. The largest absolute Gasteiger partial charge is 0.423 e. The van der Waals surface area contributed by atoms with Gasteiger partial charge in [0.15, 0.2) is 0 Å². The highest BCUT2D eigenvalue weighted by Gasteiger charge is 2.39. The summed E-state index contributed by atoms with van der Waals surface area (Å²) in [6.07, 6.45) is -1.63. The van der Waals surface area contributed by atoms with Gasteiger partial charge in [-0.1, -0.05) is 32.9 Å². The number of hydrogen-bond donors (Lipinski definition) is 1. The van der Waals surface area contributed by atoms with Gasteiger partial charge in [0.2, 0.25) is 0 Å². The normalized spacial score (nSPS) is 18.9. The van der Waals surface area contributed by atoms with Gasteiger partial charge in [-0.25, -0.2) is 0 Å². The number of likely N-dealkylation sites (tertiary alicyclic amines) is 1. The van der Waals surface area contributed by atoms with Crippen molar-refractivity contribution in [2.75, 3.05) is 36.4 Å². The predicted molar refractivity (Wildman–Crippen MR) is 151 cm³/mol. The first-order chi connectivity index (χ1) is 18.7. The van der Waals surface area contributed by atoms with Crippen molar-refractivity contribution in [1.29, 1.82) is 0 Å². The highest BCUT2D eigenvalue weighted by Crippen LogP contribution is 2.38. The van der Waals surface area contributed by atoms with Crippen molar-refractivity contribution >= 4 is 22.8 Å². The first-order valence-electron chi connectivity index (χ1n) is 14.0. The molecular formula is C30H39F3N4O3. The molecule has 218 valence electrons. The topological polar surface area (TPSA) is 78.7 Å². The zero-order valence-corrected chi connectivity index (χ0v) is 23.6. The van der Waals surface area contributed by atoms with Gasteiger partial charge in [-0.2, -0.15) is 13.2 Å². The first-order valence-corrected chi connectivity index (χ1v) is 14.0. The van der Waals surface area contributed by atoms with E-state index in [1.807, 2.05) is 0 Å². The van der Waals surface area contributed by atoms with Gasteiger partial charge in [0, 0.05) is 49.7 Å². The van der Waals surface area contributed by atoms with E-state index in [0.717, 1.165) is 38.1 Å². The predicted octanol–water partition coefficient (Wildman–Crippen LogP) is 6.66. The van der Waals surface area contributed by atoms with Crippen molar-refractivity contribution in [3.8, 4) is 0 Å². The van der Waals surface area contributed by atoms with Gasteiger partial charge in [-0.05, 0) is 73.8 Å². The molecule has 1 N–H and O–H groups in total. The van der Waals surface area contributed by atoms with Crippen molar-refractivity contribution in [2.45, 2.75) is 77.1 Å². The third-order valence-corrected chi connectivity index (χ3v) is 8.29. The number of nitro groups is 1. The number of benzene rings is 2. The van der Waals surface area contributed by atoms with E-state index in [4.69, 9.17) is 0 Å². The van der Waals surface area contributed by atoms with E-state index < -0.39 is 22.4 Å². The van der Waals surface area contributed by atoms with Crippen LogP contribution in [0.5, 0.6) is 0 Å². The number of hydrogen-bond acceptors (Lipinski definition) is 6. The smallest absolute Gasteiger partial charge is 0.382 e. The number of piperidine rings is 2. The van der Waals surface area contributed by atoms with Gasteiger partial charge in [0.25, 0.3) is 5.69 Å². The van der Waals surface area contributed by atoms with Crippen molar-refractivity contribution in [1.82, 2.24) is 4.90 Å². The molecular weight excluding hydrogens is 521 g/mol. The summed E-state index contributed by atoms with van der Waals surface area (Å²) < 4.78 is 40.1. The fraction of sp³-hybridized carbons (Fsp3) is 0.567. The van der Waals surface area contributed by atoms with Crippen LogP contribution >= 0.6 is 0 Å². The highest BCUT2D eigenvalue weighted by molar-refractivity contribution is 5.82. The van der Waals surface area contributed by atoms with Crippen LogP contribution in [-0.4, -0.2) is 53.9 Å². The van der Waals surface area contributed by atoms with Crippen LogP contribution in [0.25, 0.3) is 0 Å². The van der Waals surface area contributed by atoms with E-state index in [2.05, 4.69) is 60.2 Å². The molecule has 4 rings (SSSR count). The fourth-order valence-electron chi connectivity index (χ4n) is 6.10. The summed E-state index contributed by atoms with van der Waals surface area (Å²) in [6.45, 7) is 11.4. The molecule has 7 nitrogen and oxygen atoms in total. The van der Waals surface area contributed by atoms with Crippen molar-refractivity contribution < 1.29 is 22.9 Å². The Labute approximate surface area is 233 Å². The molecule has 10 heteroatoms. The van der Waals surface area contributed by atoms with Crippen LogP contribution in [0.15, 0.2) is 42.5 Å². The molecule has 0 saturated carbocycles.